The molecule has 8 heteroatoms. The van der Waals surface area contributed by atoms with Crippen LogP contribution in [0.5, 0.6) is 5.75 Å². The summed E-state index contributed by atoms with van der Waals surface area (Å²) in [6.45, 7) is -0.330. The van der Waals surface area contributed by atoms with Crippen LogP contribution < -0.4 is 10.1 Å². The first-order chi connectivity index (χ1) is 8.58. The quantitative estimate of drug-likeness (QED) is 0.456. The Kier molecular flexibility index (Phi) is 5.72. The number of carbonyl (C=O) groups is 1. The Morgan fingerprint density at radius 1 is 1.39 bits per heavy atom. The second-order valence-electron chi connectivity index (χ2n) is 3.15. The zero-order chi connectivity index (χ0) is 13.4. The molecule has 0 unspecified atom stereocenters. The van der Waals surface area contributed by atoms with Crippen molar-refractivity contribution in [2.75, 3.05) is 19.8 Å². The number of hydrogen-bond acceptors (Lipinski definition) is 5. The first-order valence-corrected chi connectivity index (χ1v) is 5.38. The Labute approximate surface area is 108 Å². The number of amides is 1. The van der Waals surface area contributed by atoms with Crippen LogP contribution in [-0.4, -0.2) is 30.8 Å². The number of ether oxygens (including phenoxy) is 1. The van der Waals surface area contributed by atoms with Crippen LogP contribution in [0.2, 0.25) is 5.02 Å². The topological polar surface area (TPSA) is 90.7 Å². The molecule has 0 radical (unpaired) electrons. The van der Waals surface area contributed by atoms with Gasteiger partial charge in [0.05, 0.1) is 0 Å². The molecular weight excluding hydrogens is 264 g/mol. The van der Waals surface area contributed by atoms with Gasteiger partial charge in [-0.15, -0.1) is 10.1 Å². The van der Waals surface area contributed by atoms with Gasteiger partial charge in [0.25, 0.3) is 11.0 Å². The molecule has 0 bridgehead atoms. The van der Waals surface area contributed by atoms with Crippen molar-refractivity contribution in [2.45, 2.75) is 0 Å². The molecule has 1 aromatic rings. The van der Waals surface area contributed by atoms with E-state index in [0.29, 0.717) is 10.8 Å². The summed E-state index contributed by atoms with van der Waals surface area (Å²) < 4.78 is 5.16. The summed E-state index contributed by atoms with van der Waals surface area (Å²) in [6.07, 6.45) is 0. The maximum atomic E-state index is 11.2. The molecule has 0 atom stereocenters. The highest BCUT2D eigenvalue weighted by Crippen LogP contribution is 2.15. The fourth-order valence-electron chi connectivity index (χ4n) is 1.04. The van der Waals surface area contributed by atoms with Gasteiger partial charge in [0, 0.05) is 11.6 Å². The maximum Gasteiger partial charge on any atom is 0.294 e. The van der Waals surface area contributed by atoms with Crippen molar-refractivity contribution in [3.8, 4) is 5.75 Å². The van der Waals surface area contributed by atoms with E-state index in [-0.39, 0.29) is 19.8 Å². The van der Waals surface area contributed by atoms with Gasteiger partial charge < -0.3 is 14.9 Å². The monoisotopic (exact) mass is 274 g/mol. The summed E-state index contributed by atoms with van der Waals surface area (Å²) >= 11 is 5.68. The van der Waals surface area contributed by atoms with Gasteiger partial charge in [-0.1, -0.05) is 11.6 Å². The minimum atomic E-state index is -0.920. The molecule has 1 rings (SSSR count). The van der Waals surface area contributed by atoms with E-state index in [1.165, 1.54) is 0 Å². The van der Waals surface area contributed by atoms with Crippen LogP contribution in [0.25, 0.3) is 0 Å². The normalized spacial score (nSPS) is 9.61. The van der Waals surface area contributed by atoms with Gasteiger partial charge in [0.2, 0.25) is 0 Å². The van der Waals surface area contributed by atoms with E-state index in [1.807, 2.05) is 0 Å². The van der Waals surface area contributed by atoms with Crippen LogP contribution in [0.15, 0.2) is 24.3 Å². The molecule has 0 fully saturated rings. The van der Waals surface area contributed by atoms with Crippen molar-refractivity contribution in [1.29, 1.82) is 0 Å². The molecule has 1 amide bonds. The van der Waals surface area contributed by atoms with E-state index in [2.05, 4.69) is 10.2 Å². The van der Waals surface area contributed by atoms with E-state index >= 15 is 0 Å². The van der Waals surface area contributed by atoms with E-state index in [9.17, 15) is 14.9 Å². The van der Waals surface area contributed by atoms with Crippen molar-refractivity contribution in [3.05, 3.63) is 39.4 Å². The van der Waals surface area contributed by atoms with Gasteiger partial charge >= 0.3 is 0 Å². The third kappa shape index (κ3) is 5.90. The summed E-state index contributed by atoms with van der Waals surface area (Å²) in [4.78, 5) is 25.1. The molecule has 0 aromatic heterocycles. The minimum Gasteiger partial charge on any atom is -0.484 e. The zero-order valence-electron chi connectivity index (χ0n) is 9.30. The highest BCUT2D eigenvalue weighted by Gasteiger charge is 2.02. The van der Waals surface area contributed by atoms with Gasteiger partial charge in [0.15, 0.2) is 6.61 Å². The van der Waals surface area contributed by atoms with Crippen molar-refractivity contribution in [3.63, 3.8) is 0 Å². The van der Waals surface area contributed by atoms with Gasteiger partial charge in [-0.05, 0) is 24.3 Å². The molecule has 0 heterocycles. The van der Waals surface area contributed by atoms with Gasteiger partial charge in [-0.25, -0.2) is 0 Å². The highest BCUT2D eigenvalue weighted by atomic mass is 35.5. The van der Waals surface area contributed by atoms with Crippen molar-refractivity contribution in [1.82, 2.24) is 5.32 Å². The van der Waals surface area contributed by atoms with Crippen LogP contribution >= 0.6 is 11.6 Å². The smallest absolute Gasteiger partial charge is 0.294 e. The lowest BCUT2D eigenvalue weighted by molar-refractivity contribution is -0.757. The fourth-order valence-corrected chi connectivity index (χ4v) is 1.17. The first kappa shape index (κ1) is 14.0. The van der Waals surface area contributed by atoms with Crippen LogP contribution in [-0.2, 0) is 9.63 Å². The molecule has 0 spiro atoms. The number of carbonyl (C=O) groups excluding carboxylic acids is 1. The summed E-state index contributed by atoms with van der Waals surface area (Å²) in [5.74, 6) is 0.119. The van der Waals surface area contributed by atoms with Crippen LogP contribution in [0.1, 0.15) is 0 Å². The number of nitrogens with zero attached hydrogens (tertiary/aromatic N) is 1. The molecule has 18 heavy (non-hydrogen) atoms. The SMILES string of the molecule is O=C(COc1ccc(Cl)cc1)NCCO[N+](=O)[O-]. The third-order valence-corrected chi connectivity index (χ3v) is 2.06. The van der Waals surface area contributed by atoms with Crippen molar-refractivity contribution in [2.24, 2.45) is 0 Å². The number of nitrogens with one attached hydrogen (secondary N) is 1. The predicted octanol–water partition coefficient (Wildman–Crippen LogP) is 1.04. The lowest BCUT2D eigenvalue weighted by Crippen LogP contribution is -2.32. The molecule has 0 saturated carbocycles. The molecule has 0 aliphatic rings. The van der Waals surface area contributed by atoms with E-state index in [0.717, 1.165) is 0 Å². The highest BCUT2D eigenvalue weighted by molar-refractivity contribution is 6.30. The van der Waals surface area contributed by atoms with Crippen LogP contribution in [0.3, 0.4) is 0 Å². The first-order valence-electron chi connectivity index (χ1n) is 5.00. The number of rotatable bonds is 7. The zero-order valence-corrected chi connectivity index (χ0v) is 10.1. The van der Waals surface area contributed by atoms with Crippen molar-refractivity contribution >= 4 is 17.5 Å². The fraction of sp³-hybridized carbons (Fsp3) is 0.300. The van der Waals surface area contributed by atoms with E-state index in [4.69, 9.17) is 16.3 Å². The van der Waals surface area contributed by atoms with E-state index < -0.39 is 11.0 Å². The third-order valence-electron chi connectivity index (χ3n) is 1.80. The van der Waals surface area contributed by atoms with Gasteiger partial charge in [-0.2, -0.15) is 0 Å². The number of benzene rings is 1. The van der Waals surface area contributed by atoms with Gasteiger partial charge in [-0.3, -0.25) is 4.79 Å². The average Bonchev–Trinajstić information content (AvgIpc) is 2.34. The second kappa shape index (κ2) is 7.33. The summed E-state index contributed by atoms with van der Waals surface area (Å²) in [5, 5.41) is 11.9. The number of hydrogen-bond donors (Lipinski definition) is 1. The predicted molar refractivity (Wildman–Crippen MR) is 62.9 cm³/mol. The molecule has 98 valence electrons. The summed E-state index contributed by atoms with van der Waals surface area (Å²) in [6, 6.07) is 6.54. The average molecular weight is 275 g/mol. The molecule has 0 saturated heterocycles. The Bertz CT molecular complexity index is 409. The largest absolute Gasteiger partial charge is 0.484 e. The lowest BCUT2D eigenvalue weighted by atomic mass is 10.3. The standard InChI is InChI=1S/C10H11ClN2O5/c11-8-1-3-9(4-2-8)17-7-10(14)12-5-6-18-13(15)16/h1-4H,5-7H2,(H,12,14). The summed E-state index contributed by atoms with van der Waals surface area (Å²) in [5.41, 5.74) is 0. The van der Waals surface area contributed by atoms with Crippen LogP contribution in [0.4, 0.5) is 0 Å². The van der Waals surface area contributed by atoms with Crippen molar-refractivity contribution < 1.29 is 19.5 Å². The van der Waals surface area contributed by atoms with E-state index in [1.54, 1.807) is 24.3 Å². The molecule has 0 aliphatic carbocycles. The molecule has 0 aliphatic heterocycles. The minimum absolute atomic E-state index is 0.0454. The Hall–Kier alpha value is -2.02. The Morgan fingerprint density at radius 3 is 2.67 bits per heavy atom. The van der Waals surface area contributed by atoms with Gasteiger partial charge in [0.1, 0.15) is 12.4 Å². The van der Waals surface area contributed by atoms with Crippen LogP contribution in [0, 0.1) is 10.1 Å². The molecule has 1 N–H and O–H groups in total. The maximum absolute atomic E-state index is 11.2. The molecule has 7 nitrogen and oxygen atoms in total. The second-order valence-corrected chi connectivity index (χ2v) is 3.59. The molecule has 1 aromatic carbocycles. The Morgan fingerprint density at radius 2 is 2.06 bits per heavy atom. The number of halogens is 1. The summed E-state index contributed by atoms with van der Waals surface area (Å²) in [7, 11) is 0. The lowest BCUT2D eigenvalue weighted by Gasteiger charge is -2.06. The molecular formula is C10H11ClN2O5. The Balaban J connectivity index is 2.17.